The number of carbonyl (C=O) groups is 1. The first kappa shape index (κ1) is 9.75. The van der Waals surface area contributed by atoms with Crippen molar-refractivity contribution < 1.29 is 4.79 Å². The van der Waals surface area contributed by atoms with Crippen molar-refractivity contribution in [3.8, 4) is 0 Å². The van der Waals surface area contributed by atoms with Gasteiger partial charge in [0.15, 0.2) is 0 Å². The zero-order valence-electron chi connectivity index (χ0n) is 10.1. The van der Waals surface area contributed by atoms with Crippen LogP contribution in [0.15, 0.2) is 6.07 Å². The largest absolute Gasteiger partial charge is 0.350 e. The summed E-state index contributed by atoms with van der Waals surface area (Å²) in [5.41, 5.74) is 4.19. The number of hydrogen-bond acceptors (Lipinski definition) is 1. The molecule has 0 aromatic carbocycles. The Hall–Kier alpha value is -1.25. The molecule has 1 fully saturated rings. The first-order chi connectivity index (χ1) is 8.27. The van der Waals surface area contributed by atoms with E-state index in [0.717, 1.165) is 25.2 Å². The van der Waals surface area contributed by atoms with Crippen LogP contribution in [-0.4, -0.2) is 17.0 Å². The molecule has 1 amide bonds. The van der Waals surface area contributed by atoms with Crippen molar-refractivity contribution in [3.63, 3.8) is 0 Å². The summed E-state index contributed by atoms with van der Waals surface area (Å²) in [4.78, 5) is 12.1. The fourth-order valence-corrected chi connectivity index (χ4v) is 3.39. The van der Waals surface area contributed by atoms with Crippen LogP contribution in [0.2, 0.25) is 0 Å². The molecule has 1 aliphatic heterocycles. The average molecular weight is 230 g/mol. The molecule has 1 saturated carbocycles. The molecule has 1 aromatic heterocycles. The predicted octanol–water partition coefficient (Wildman–Crippen LogP) is 1.89. The lowest BCUT2D eigenvalue weighted by Crippen LogP contribution is -2.27. The highest BCUT2D eigenvalue weighted by Gasteiger charge is 2.45. The fourth-order valence-electron chi connectivity index (χ4n) is 3.39. The summed E-state index contributed by atoms with van der Waals surface area (Å²) in [6.07, 6.45) is 7.45. The molecule has 1 spiro atoms. The Bertz CT molecular complexity index is 497. The molecule has 2 aliphatic carbocycles. The normalized spacial score (nSPS) is 24.8. The number of nitrogens with zero attached hydrogens (tertiary/aromatic N) is 1. The number of amides is 1. The molecule has 3 aliphatic rings. The molecule has 0 bridgehead atoms. The van der Waals surface area contributed by atoms with Gasteiger partial charge in [-0.1, -0.05) is 0 Å². The zero-order valence-corrected chi connectivity index (χ0v) is 10.1. The molecule has 0 unspecified atom stereocenters. The number of aromatic nitrogens is 1. The summed E-state index contributed by atoms with van der Waals surface area (Å²) in [7, 11) is 0. The predicted molar refractivity (Wildman–Crippen MR) is 65.1 cm³/mol. The molecule has 0 saturated heterocycles. The Morgan fingerprint density at radius 2 is 2.06 bits per heavy atom. The van der Waals surface area contributed by atoms with Crippen LogP contribution in [0, 0.1) is 5.41 Å². The number of carbonyl (C=O) groups excluding carboxylic acids is 1. The van der Waals surface area contributed by atoms with Crippen molar-refractivity contribution in [2.45, 2.75) is 45.1 Å². The van der Waals surface area contributed by atoms with Gasteiger partial charge in [-0.3, -0.25) is 4.79 Å². The molecule has 3 nitrogen and oxygen atoms in total. The monoisotopic (exact) mass is 230 g/mol. The highest BCUT2D eigenvalue weighted by atomic mass is 16.2. The number of fused-ring (bicyclic) bond motifs is 3. The Balaban J connectivity index is 1.85. The summed E-state index contributed by atoms with van der Waals surface area (Å²) >= 11 is 0. The Morgan fingerprint density at radius 3 is 2.88 bits per heavy atom. The first-order valence-corrected chi connectivity index (χ1v) is 6.77. The maximum Gasteiger partial charge on any atom is 0.267 e. The SMILES string of the molecule is O=C1NCC2(CC2)Cn2c1cc1c2CCCC1. The van der Waals surface area contributed by atoms with Gasteiger partial charge in [0.05, 0.1) is 0 Å². The Morgan fingerprint density at radius 1 is 1.24 bits per heavy atom. The zero-order chi connectivity index (χ0) is 11.5. The molecule has 1 aromatic rings. The van der Waals surface area contributed by atoms with Crippen molar-refractivity contribution in [2.75, 3.05) is 6.54 Å². The minimum atomic E-state index is 0.142. The van der Waals surface area contributed by atoms with Gasteiger partial charge < -0.3 is 9.88 Å². The number of aryl methyl sites for hydroxylation is 1. The minimum absolute atomic E-state index is 0.142. The minimum Gasteiger partial charge on any atom is -0.350 e. The van der Waals surface area contributed by atoms with Crippen molar-refractivity contribution in [3.05, 3.63) is 23.0 Å². The lowest BCUT2D eigenvalue weighted by molar-refractivity contribution is 0.0947. The van der Waals surface area contributed by atoms with Gasteiger partial charge in [0.1, 0.15) is 5.69 Å². The van der Waals surface area contributed by atoms with Crippen molar-refractivity contribution in [1.82, 2.24) is 9.88 Å². The highest BCUT2D eigenvalue weighted by molar-refractivity contribution is 5.93. The summed E-state index contributed by atoms with van der Waals surface area (Å²) in [6.45, 7) is 1.94. The maximum absolute atomic E-state index is 12.1. The lowest BCUT2D eigenvalue weighted by atomic mass is 9.97. The molecule has 2 heterocycles. The van der Waals surface area contributed by atoms with E-state index in [1.54, 1.807) is 0 Å². The third kappa shape index (κ3) is 1.38. The second-order valence-corrected chi connectivity index (χ2v) is 5.98. The number of nitrogens with one attached hydrogen (secondary N) is 1. The van der Waals surface area contributed by atoms with E-state index in [1.165, 1.54) is 43.4 Å². The van der Waals surface area contributed by atoms with E-state index in [0.29, 0.717) is 5.41 Å². The second kappa shape index (κ2) is 3.15. The van der Waals surface area contributed by atoms with Crippen molar-refractivity contribution >= 4 is 5.91 Å². The molecule has 3 heteroatoms. The van der Waals surface area contributed by atoms with Gasteiger partial charge >= 0.3 is 0 Å². The standard InChI is InChI=1S/C14H18N2O/c17-13-12-7-10-3-1-2-4-11(10)16(12)9-14(5-6-14)8-15-13/h7H,1-6,8-9H2,(H,15,17). The first-order valence-electron chi connectivity index (χ1n) is 6.77. The van der Waals surface area contributed by atoms with E-state index < -0.39 is 0 Å². The maximum atomic E-state index is 12.1. The van der Waals surface area contributed by atoms with Crippen LogP contribution in [0.4, 0.5) is 0 Å². The van der Waals surface area contributed by atoms with Crippen LogP contribution in [0.5, 0.6) is 0 Å². The Kier molecular flexibility index (Phi) is 1.81. The van der Waals surface area contributed by atoms with Crippen molar-refractivity contribution in [2.24, 2.45) is 5.41 Å². The molecule has 0 atom stereocenters. The van der Waals surface area contributed by atoms with Crippen LogP contribution in [0.25, 0.3) is 0 Å². The molecular weight excluding hydrogens is 212 g/mol. The summed E-state index contributed by atoms with van der Waals surface area (Å²) < 4.78 is 2.34. The van der Waals surface area contributed by atoms with E-state index in [1.807, 2.05) is 0 Å². The summed E-state index contributed by atoms with van der Waals surface area (Å²) in [5.74, 6) is 0.142. The van der Waals surface area contributed by atoms with Crippen molar-refractivity contribution in [1.29, 1.82) is 0 Å². The quantitative estimate of drug-likeness (QED) is 0.725. The molecule has 4 rings (SSSR count). The van der Waals surface area contributed by atoms with Gasteiger partial charge in [-0.15, -0.1) is 0 Å². The molecule has 1 N–H and O–H groups in total. The number of rotatable bonds is 0. The van der Waals surface area contributed by atoms with Gasteiger partial charge in [-0.2, -0.15) is 0 Å². The average Bonchev–Trinajstić information content (AvgIpc) is 3.04. The topological polar surface area (TPSA) is 34.0 Å². The van der Waals surface area contributed by atoms with Gasteiger partial charge in [-0.25, -0.2) is 0 Å². The molecular formula is C14H18N2O. The van der Waals surface area contributed by atoms with Crippen LogP contribution in [0.3, 0.4) is 0 Å². The summed E-state index contributed by atoms with van der Waals surface area (Å²) in [6, 6.07) is 2.14. The van der Waals surface area contributed by atoms with Gasteiger partial charge in [0.25, 0.3) is 5.91 Å². The molecule has 0 radical (unpaired) electrons. The van der Waals surface area contributed by atoms with E-state index in [4.69, 9.17) is 0 Å². The van der Waals surface area contributed by atoms with E-state index in [-0.39, 0.29) is 5.91 Å². The van der Waals surface area contributed by atoms with Gasteiger partial charge in [0.2, 0.25) is 0 Å². The molecule has 17 heavy (non-hydrogen) atoms. The highest BCUT2D eigenvalue weighted by Crippen LogP contribution is 2.48. The number of hydrogen-bond donors (Lipinski definition) is 1. The van der Waals surface area contributed by atoms with E-state index in [9.17, 15) is 4.79 Å². The third-order valence-corrected chi connectivity index (χ3v) is 4.72. The smallest absolute Gasteiger partial charge is 0.267 e. The second-order valence-electron chi connectivity index (χ2n) is 5.98. The van der Waals surface area contributed by atoms with Crippen LogP contribution in [-0.2, 0) is 19.4 Å². The lowest BCUT2D eigenvalue weighted by Gasteiger charge is -2.19. The Labute approximate surface area is 101 Å². The third-order valence-electron chi connectivity index (χ3n) is 4.72. The van der Waals surface area contributed by atoms with E-state index >= 15 is 0 Å². The summed E-state index contributed by atoms with van der Waals surface area (Å²) in [5, 5.41) is 3.10. The fraction of sp³-hybridized carbons (Fsp3) is 0.643. The molecule has 90 valence electrons. The van der Waals surface area contributed by atoms with E-state index in [2.05, 4.69) is 16.0 Å². The van der Waals surface area contributed by atoms with Gasteiger partial charge in [0, 0.05) is 24.2 Å². The van der Waals surface area contributed by atoms with Crippen LogP contribution >= 0.6 is 0 Å². The van der Waals surface area contributed by atoms with Gasteiger partial charge in [-0.05, 0) is 50.2 Å². The van der Waals surface area contributed by atoms with Crippen LogP contribution in [0.1, 0.15) is 47.4 Å². The van der Waals surface area contributed by atoms with Crippen LogP contribution < -0.4 is 5.32 Å².